The van der Waals surface area contributed by atoms with Gasteiger partial charge in [-0.1, -0.05) is 0 Å². The highest BCUT2D eigenvalue weighted by molar-refractivity contribution is 7.71. The first-order valence-corrected chi connectivity index (χ1v) is 6.85. The molecule has 1 atom stereocenters. The van der Waals surface area contributed by atoms with Crippen molar-refractivity contribution in [1.82, 2.24) is 0 Å². The molecule has 0 amide bonds. The molecule has 1 unspecified atom stereocenters. The van der Waals surface area contributed by atoms with Crippen molar-refractivity contribution in [3.05, 3.63) is 0 Å². The molecule has 0 heterocycles. The molecule has 0 aliphatic heterocycles. The minimum Gasteiger partial charge on any atom is -0.329 e. The van der Waals surface area contributed by atoms with Gasteiger partial charge in [0.1, 0.15) is 0 Å². The van der Waals surface area contributed by atoms with Crippen LogP contribution in [0.5, 0.6) is 0 Å². The third kappa shape index (κ3) is 4.06. The van der Waals surface area contributed by atoms with Gasteiger partial charge in [-0.2, -0.15) is 0 Å². The molecule has 0 aromatic rings. The molecule has 0 aliphatic rings. The first kappa shape index (κ1) is 13.5. The Kier molecular flexibility index (Phi) is 4.57. The summed E-state index contributed by atoms with van der Waals surface area (Å²) in [5, 5.41) is -3.69. The molecule has 10 heteroatoms. The third-order valence-corrected chi connectivity index (χ3v) is 5.92. The van der Waals surface area contributed by atoms with Crippen LogP contribution in [-0.2, 0) is 9.13 Å². The highest BCUT2D eigenvalue weighted by Gasteiger charge is 2.47. The molecule has 0 spiro atoms. The SMILES string of the molecule is NCC(Cl)C(P(=O)(O)O)P(=O)(O)O. The topological polar surface area (TPSA) is 141 Å². The zero-order chi connectivity index (χ0) is 10.9. The van der Waals surface area contributed by atoms with Crippen molar-refractivity contribution in [3.8, 4) is 0 Å². The van der Waals surface area contributed by atoms with E-state index in [1.807, 2.05) is 0 Å². The van der Waals surface area contributed by atoms with E-state index in [0.717, 1.165) is 0 Å². The van der Waals surface area contributed by atoms with E-state index in [1.165, 1.54) is 0 Å². The van der Waals surface area contributed by atoms with E-state index in [0.29, 0.717) is 0 Å². The predicted octanol–water partition coefficient (Wildman–Crippen LogP) is -0.766. The van der Waals surface area contributed by atoms with Crippen LogP contribution in [0.4, 0.5) is 0 Å². The first-order chi connectivity index (χ1) is 5.60. The molecule has 0 fully saturated rings. The van der Waals surface area contributed by atoms with E-state index in [-0.39, 0.29) is 0 Å². The number of hydrogen-bond acceptors (Lipinski definition) is 3. The van der Waals surface area contributed by atoms with E-state index in [4.69, 9.17) is 36.9 Å². The van der Waals surface area contributed by atoms with E-state index < -0.39 is 32.5 Å². The van der Waals surface area contributed by atoms with E-state index in [1.54, 1.807) is 0 Å². The Hall–Kier alpha value is 0.550. The summed E-state index contributed by atoms with van der Waals surface area (Å²) < 4.78 is 21.3. The normalized spacial score (nSPS) is 16.2. The lowest BCUT2D eigenvalue weighted by molar-refractivity contribution is 0.337. The van der Waals surface area contributed by atoms with Crippen molar-refractivity contribution < 1.29 is 28.7 Å². The second-order valence-electron chi connectivity index (χ2n) is 2.34. The number of alkyl halides is 1. The van der Waals surface area contributed by atoms with Gasteiger partial charge in [0.25, 0.3) is 0 Å². The molecule has 7 nitrogen and oxygen atoms in total. The van der Waals surface area contributed by atoms with Crippen molar-refractivity contribution in [2.75, 3.05) is 6.54 Å². The fourth-order valence-electron chi connectivity index (χ4n) is 0.739. The van der Waals surface area contributed by atoms with Gasteiger partial charge in [0, 0.05) is 6.54 Å². The van der Waals surface area contributed by atoms with Gasteiger partial charge in [0.05, 0.1) is 5.38 Å². The Morgan fingerprint density at radius 3 is 1.54 bits per heavy atom. The van der Waals surface area contributed by atoms with Gasteiger partial charge in [-0.3, -0.25) is 9.13 Å². The van der Waals surface area contributed by atoms with Crippen LogP contribution in [0.1, 0.15) is 0 Å². The van der Waals surface area contributed by atoms with Crippen LogP contribution in [0.3, 0.4) is 0 Å². The van der Waals surface area contributed by atoms with Crippen LogP contribution < -0.4 is 5.73 Å². The molecule has 0 radical (unpaired) electrons. The molecular formula is C3H10ClNO6P2. The van der Waals surface area contributed by atoms with Gasteiger partial charge >= 0.3 is 15.2 Å². The Labute approximate surface area is 79.2 Å². The Morgan fingerprint density at radius 1 is 1.15 bits per heavy atom. The quantitative estimate of drug-likeness (QED) is 0.327. The summed E-state index contributed by atoms with van der Waals surface area (Å²) in [6.45, 7) is -0.428. The highest BCUT2D eigenvalue weighted by atomic mass is 35.5. The molecule has 80 valence electrons. The summed E-state index contributed by atoms with van der Waals surface area (Å²) in [6.07, 6.45) is 0. The van der Waals surface area contributed by atoms with Gasteiger partial charge in [-0.05, 0) is 0 Å². The van der Waals surface area contributed by atoms with Crippen molar-refractivity contribution in [3.63, 3.8) is 0 Å². The van der Waals surface area contributed by atoms with Crippen molar-refractivity contribution >= 4 is 26.8 Å². The molecule has 0 saturated carbocycles. The molecule has 0 saturated heterocycles. The van der Waals surface area contributed by atoms with Crippen LogP contribution in [0.25, 0.3) is 0 Å². The number of halogens is 1. The summed E-state index contributed by atoms with van der Waals surface area (Å²) in [7, 11) is -9.89. The van der Waals surface area contributed by atoms with E-state index in [9.17, 15) is 9.13 Å². The van der Waals surface area contributed by atoms with Gasteiger partial charge in [0.15, 0.2) is 5.40 Å². The van der Waals surface area contributed by atoms with Gasteiger partial charge in [0.2, 0.25) is 0 Å². The number of rotatable bonds is 4. The Balaban J connectivity index is 5.01. The second-order valence-corrected chi connectivity index (χ2v) is 6.78. The summed E-state index contributed by atoms with van der Waals surface area (Å²) in [4.78, 5) is 34.4. The second kappa shape index (κ2) is 4.38. The lowest BCUT2D eigenvalue weighted by Gasteiger charge is -2.22. The first-order valence-electron chi connectivity index (χ1n) is 3.05. The predicted molar refractivity (Wildman–Crippen MR) is 46.6 cm³/mol. The van der Waals surface area contributed by atoms with Gasteiger partial charge in [-0.15, -0.1) is 11.6 Å². The van der Waals surface area contributed by atoms with Gasteiger partial charge < -0.3 is 25.3 Å². The van der Waals surface area contributed by atoms with Crippen molar-refractivity contribution in [2.45, 2.75) is 10.8 Å². The minimum atomic E-state index is -4.95. The fourth-order valence-corrected chi connectivity index (χ4v) is 4.27. The lowest BCUT2D eigenvalue weighted by atomic mass is 10.5. The average molecular weight is 254 g/mol. The molecule has 0 bridgehead atoms. The third-order valence-electron chi connectivity index (χ3n) is 1.24. The molecular weight excluding hydrogens is 243 g/mol. The summed E-state index contributed by atoms with van der Waals surface area (Å²) >= 11 is 5.29. The Bertz CT molecular complexity index is 237. The lowest BCUT2D eigenvalue weighted by Crippen LogP contribution is -2.28. The van der Waals surface area contributed by atoms with Gasteiger partial charge in [-0.25, -0.2) is 0 Å². The molecule has 0 aliphatic carbocycles. The maximum Gasteiger partial charge on any atom is 0.342 e. The highest BCUT2D eigenvalue weighted by Crippen LogP contribution is 2.61. The smallest absolute Gasteiger partial charge is 0.329 e. The molecule has 0 aromatic heterocycles. The maximum atomic E-state index is 10.6. The van der Waals surface area contributed by atoms with Crippen LogP contribution in [-0.4, -0.2) is 36.9 Å². The molecule has 6 N–H and O–H groups in total. The number of nitrogens with two attached hydrogens (primary N) is 1. The minimum absolute atomic E-state index is 0.428. The molecule has 13 heavy (non-hydrogen) atoms. The zero-order valence-corrected chi connectivity index (χ0v) is 8.86. The molecule has 0 rings (SSSR count). The average Bonchev–Trinajstić information content (AvgIpc) is 1.80. The summed E-state index contributed by atoms with van der Waals surface area (Å²) in [5.41, 5.74) is 4.95. The summed E-state index contributed by atoms with van der Waals surface area (Å²) in [6, 6.07) is 0. The van der Waals surface area contributed by atoms with Crippen LogP contribution >= 0.6 is 26.8 Å². The summed E-state index contributed by atoms with van der Waals surface area (Å²) in [5.74, 6) is 0. The van der Waals surface area contributed by atoms with Crippen LogP contribution in [0, 0.1) is 0 Å². The van der Waals surface area contributed by atoms with Crippen molar-refractivity contribution in [2.24, 2.45) is 5.73 Å². The maximum absolute atomic E-state index is 10.6. The van der Waals surface area contributed by atoms with Crippen LogP contribution in [0.2, 0.25) is 0 Å². The monoisotopic (exact) mass is 253 g/mol. The molecule has 0 aromatic carbocycles. The zero-order valence-electron chi connectivity index (χ0n) is 6.32. The number of hydrogen-bond donors (Lipinski definition) is 5. The van der Waals surface area contributed by atoms with Crippen LogP contribution in [0.15, 0.2) is 0 Å². The van der Waals surface area contributed by atoms with E-state index in [2.05, 4.69) is 0 Å². The van der Waals surface area contributed by atoms with E-state index >= 15 is 0 Å². The fraction of sp³-hybridized carbons (Fsp3) is 1.00. The Morgan fingerprint density at radius 2 is 1.46 bits per heavy atom. The standard InChI is InChI=1S/C3H10ClNO6P2/c4-2(1-5)3(12(6,7)8)13(9,10)11/h2-3H,1,5H2,(H2,6,7,8)(H2,9,10,11). The van der Waals surface area contributed by atoms with Crippen molar-refractivity contribution in [1.29, 1.82) is 0 Å². The largest absolute Gasteiger partial charge is 0.342 e.